The highest BCUT2D eigenvalue weighted by atomic mass is 19.4. The van der Waals surface area contributed by atoms with Gasteiger partial charge in [-0.1, -0.05) is 0 Å². The van der Waals surface area contributed by atoms with Crippen molar-refractivity contribution >= 4 is 21.8 Å². The molecule has 0 amide bonds. The summed E-state index contributed by atoms with van der Waals surface area (Å²) in [6.45, 7) is 0.952. The molecule has 0 unspecified atom stereocenters. The largest absolute Gasteiger partial charge is 0.416 e. The third-order valence-corrected chi connectivity index (χ3v) is 5.20. The van der Waals surface area contributed by atoms with E-state index in [0.29, 0.717) is 30.5 Å². The molecule has 0 bridgehead atoms. The summed E-state index contributed by atoms with van der Waals surface area (Å²) in [6.07, 6.45) is -9.55. The van der Waals surface area contributed by atoms with E-state index in [1.165, 1.54) is 12.1 Å². The van der Waals surface area contributed by atoms with E-state index in [9.17, 15) is 31.4 Å². The number of fused-ring (bicyclic) bond motifs is 3. The van der Waals surface area contributed by atoms with Crippen LogP contribution in [0.1, 0.15) is 23.6 Å². The zero-order valence-electron chi connectivity index (χ0n) is 14.4. The van der Waals surface area contributed by atoms with E-state index >= 15 is 0 Å². The van der Waals surface area contributed by atoms with Gasteiger partial charge in [0.2, 0.25) is 0 Å². The third-order valence-electron chi connectivity index (χ3n) is 5.20. The third kappa shape index (κ3) is 3.12. The van der Waals surface area contributed by atoms with Crippen LogP contribution in [-0.2, 0) is 12.4 Å². The van der Waals surface area contributed by atoms with Crippen LogP contribution in [0.25, 0.3) is 21.8 Å². The second-order valence-corrected chi connectivity index (χ2v) is 6.96. The molecule has 1 saturated heterocycles. The van der Waals surface area contributed by atoms with E-state index < -0.39 is 35.6 Å². The Morgan fingerprint density at radius 3 is 1.79 bits per heavy atom. The molecular formula is C19H16F6N2O. The highest BCUT2D eigenvalue weighted by Crippen LogP contribution is 2.40. The molecule has 4 rings (SSSR count). The minimum Gasteiger partial charge on any atom is -0.391 e. The number of nitrogens with zero attached hydrogens (tertiary/aromatic N) is 1. The summed E-state index contributed by atoms with van der Waals surface area (Å²) in [5.41, 5.74) is -1.15. The number of hydrogen-bond acceptors (Lipinski definition) is 2. The molecule has 1 aromatic heterocycles. The van der Waals surface area contributed by atoms with E-state index in [0.717, 1.165) is 24.3 Å². The number of aliphatic hydroxyl groups excluding tert-OH is 1. The molecule has 1 aliphatic rings. The maximum atomic E-state index is 13.2. The van der Waals surface area contributed by atoms with Crippen LogP contribution in [0.5, 0.6) is 0 Å². The molecule has 0 radical (unpaired) electrons. The predicted octanol–water partition coefficient (Wildman–Crippen LogP) is 4.73. The number of nitrogens with one attached hydrogen (secondary N) is 1. The summed E-state index contributed by atoms with van der Waals surface area (Å²) in [6, 6.07) is 5.57. The lowest BCUT2D eigenvalue weighted by Crippen LogP contribution is -2.41. The monoisotopic (exact) mass is 402 g/mol. The first-order valence-corrected chi connectivity index (χ1v) is 8.68. The molecule has 28 heavy (non-hydrogen) atoms. The van der Waals surface area contributed by atoms with Gasteiger partial charge >= 0.3 is 12.4 Å². The fourth-order valence-electron chi connectivity index (χ4n) is 3.86. The van der Waals surface area contributed by atoms with Crippen molar-refractivity contribution in [1.29, 1.82) is 0 Å². The van der Waals surface area contributed by atoms with Gasteiger partial charge in [-0.25, -0.2) is 0 Å². The van der Waals surface area contributed by atoms with Crippen LogP contribution in [0.4, 0.5) is 26.3 Å². The van der Waals surface area contributed by atoms with E-state index in [2.05, 4.69) is 5.32 Å². The van der Waals surface area contributed by atoms with Crippen molar-refractivity contribution in [2.75, 3.05) is 13.1 Å². The van der Waals surface area contributed by atoms with Crippen LogP contribution in [-0.4, -0.2) is 28.9 Å². The quantitative estimate of drug-likeness (QED) is 0.578. The van der Waals surface area contributed by atoms with Gasteiger partial charge in [-0.3, -0.25) is 0 Å². The second-order valence-electron chi connectivity index (χ2n) is 6.96. The molecule has 0 spiro atoms. The van der Waals surface area contributed by atoms with Crippen LogP contribution in [0.3, 0.4) is 0 Å². The fraction of sp³-hybridized carbons (Fsp3) is 0.368. The zero-order chi connectivity index (χ0) is 20.3. The van der Waals surface area contributed by atoms with Gasteiger partial charge in [-0.15, -0.1) is 0 Å². The zero-order valence-corrected chi connectivity index (χ0v) is 14.4. The summed E-state index contributed by atoms with van der Waals surface area (Å²) < 4.78 is 80.7. The Bertz CT molecular complexity index is 965. The summed E-state index contributed by atoms with van der Waals surface area (Å²) in [4.78, 5) is 0. The minimum absolute atomic E-state index is 0.0775. The molecule has 3 aromatic rings. The van der Waals surface area contributed by atoms with Gasteiger partial charge in [0.05, 0.1) is 23.3 Å². The van der Waals surface area contributed by atoms with Gasteiger partial charge in [0, 0.05) is 28.4 Å². The Balaban J connectivity index is 2.04. The van der Waals surface area contributed by atoms with Crippen molar-refractivity contribution in [3.63, 3.8) is 0 Å². The second kappa shape index (κ2) is 6.38. The Hall–Kier alpha value is -2.26. The molecule has 9 heteroatoms. The van der Waals surface area contributed by atoms with E-state index in [1.54, 1.807) is 4.57 Å². The van der Waals surface area contributed by atoms with Crippen molar-refractivity contribution in [2.24, 2.45) is 0 Å². The molecule has 3 nitrogen and oxygen atoms in total. The minimum atomic E-state index is -4.61. The van der Waals surface area contributed by atoms with Gasteiger partial charge in [0.25, 0.3) is 0 Å². The first-order valence-electron chi connectivity index (χ1n) is 8.68. The SMILES string of the molecule is O[C@H]1CCNC[C@@H]1n1c2ccc(C(F)(F)F)cc2c2cc(C(F)(F)F)ccc21. The molecular weight excluding hydrogens is 386 g/mol. The normalized spacial score (nSPS) is 21.5. The highest BCUT2D eigenvalue weighted by molar-refractivity contribution is 6.08. The molecule has 0 saturated carbocycles. The standard InChI is InChI=1S/C19H16F6N2O/c20-18(21,22)10-1-3-14-12(7-10)13-8-11(19(23,24)25)2-4-15(13)27(14)16-9-26-6-5-17(16)28/h1-4,7-8,16-17,26,28H,5-6,9H2/t16-,17-/m0/s1. The van der Waals surface area contributed by atoms with Crippen LogP contribution < -0.4 is 5.32 Å². The molecule has 2 aromatic carbocycles. The average Bonchev–Trinajstić information content (AvgIpc) is 2.94. The van der Waals surface area contributed by atoms with E-state index in [-0.39, 0.29) is 10.8 Å². The lowest BCUT2D eigenvalue weighted by molar-refractivity contribution is -0.138. The molecule has 2 N–H and O–H groups in total. The topological polar surface area (TPSA) is 37.2 Å². The first kappa shape index (κ1) is 19.1. The van der Waals surface area contributed by atoms with Gasteiger partial charge in [-0.2, -0.15) is 26.3 Å². The van der Waals surface area contributed by atoms with Crippen LogP contribution in [0, 0.1) is 0 Å². The number of piperidine rings is 1. The fourth-order valence-corrected chi connectivity index (χ4v) is 3.86. The number of halogens is 6. The van der Waals surface area contributed by atoms with Crippen LogP contribution in [0.2, 0.25) is 0 Å². The number of aromatic nitrogens is 1. The summed E-state index contributed by atoms with van der Waals surface area (Å²) >= 11 is 0. The van der Waals surface area contributed by atoms with Crippen LogP contribution >= 0.6 is 0 Å². The number of alkyl halides is 6. The Morgan fingerprint density at radius 1 is 0.857 bits per heavy atom. The summed E-state index contributed by atoms with van der Waals surface area (Å²) in [7, 11) is 0. The van der Waals surface area contributed by atoms with Gasteiger partial charge in [0.15, 0.2) is 0 Å². The number of rotatable bonds is 1. The maximum Gasteiger partial charge on any atom is 0.416 e. The molecule has 150 valence electrons. The van der Waals surface area contributed by atoms with Crippen molar-refractivity contribution in [1.82, 2.24) is 9.88 Å². The molecule has 0 aliphatic carbocycles. The Kier molecular flexibility index (Phi) is 4.35. The van der Waals surface area contributed by atoms with E-state index in [1.807, 2.05) is 0 Å². The molecule has 1 aliphatic heterocycles. The van der Waals surface area contributed by atoms with Crippen LogP contribution in [0.15, 0.2) is 36.4 Å². The van der Waals surface area contributed by atoms with E-state index in [4.69, 9.17) is 0 Å². The predicted molar refractivity (Wildman–Crippen MR) is 92.0 cm³/mol. The first-order chi connectivity index (χ1) is 13.1. The number of hydrogen-bond donors (Lipinski definition) is 2. The lowest BCUT2D eigenvalue weighted by Gasteiger charge is -2.31. The molecule has 1 fully saturated rings. The maximum absolute atomic E-state index is 13.2. The Labute approximate surface area is 155 Å². The van der Waals surface area contributed by atoms with Crippen molar-refractivity contribution in [3.8, 4) is 0 Å². The summed E-state index contributed by atoms with van der Waals surface area (Å²) in [5, 5.41) is 13.7. The van der Waals surface area contributed by atoms with Crippen molar-refractivity contribution in [2.45, 2.75) is 30.9 Å². The van der Waals surface area contributed by atoms with Crippen molar-refractivity contribution < 1.29 is 31.4 Å². The lowest BCUT2D eigenvalue weighted by atomic mass is 10.0. The molecule has 2 heterocycles. The highest BCUT2D eigenvalue weighted by Gasteiger charge is 2.34. The number of aliphatic hydroxyl groups is 1. The Morgan fingerprint density at radius 2 is 1.36 bits per heavy atom. The van der Waals surface area contributed by atoms with Gasteiger partial charge in [-0.05, 0) is 49.4 Å². The summed E-state index contributed by atoms with van der Waals surface area (Å²) in [5.74, 6) is 0. The molecule has 2 atom stereocenters. The average molecular weight is 402 g/mol. The number of benzene rings is 2. The van der Waals surface area contributed by atoms with Gasteiger partial charge in [0.1, 0.15) is 0 Å². The van der Waals surface area contributed by atoms with Crippen molar-refractivity contribution in [3.05, 3.63) is 47.5 Å². The van der Waals surface area contributed by atoms with Gasteiger partial charge < -0.3 is 15.0 Å². The smallest absolute Gasteiger partial charge is 0.391 e.